The van der Waals surface area contributed by atoms with Crippen LogP contribution in [0.3, 0.4) is 0 Å². The Labute approximate surface area is 209 Å². The van der Waals surface area contributed by atoms with Crippen LogP contribution in [0.1, 0.15) is 91.9 Å². The Morgan fingerprint density at radius 1 is 1.00 bits per heavy atom. The molecule has 0 N–H and O–H groups in total. The number of carbonyl (C=O) groups is 2. The molecule has 0 spiro atoms. The molecule has 8 heteroatoms. The topological polar surface area (TPSA) is 89.5 Å². The zero-order valence-corrected chi connectivity index (χ0v) is 22.6. The zero-order chi connectivity index (χ0) is 26.4. The lowest BCUT2D eigenvalue weighted by atomic mass is 9.69. The van der Waals surface area contributed by atoms with Crippen molar-refractivity contribution in [3.63, 3.8) is 0 Å². The van der Waals surface area contributed by atoms with E-state index in [0.29, 0.717) is 6.42 Å². The number of hydrogen-bond acceptors (Lipinski definition) is 8. The molecule has 1 saturated heterocycles. The summed E-state index contributed by atoms with van der Waals surface area (Å²) in [5.41, 5.74) is -0.779. The molecule has 1 aliphatic rings. The lowest BCUT2D eigenvalue weighted by Crippen LogP contribution is -2.65. The summed E-state index contributed by atoms with van der Waals surface area (Å²) in [6, 6.07) is 6.43. The molecular weight excluding hydrogens is 452 g/mol. The van der Waals surface area contributed by atoms with E-state index < -0.39 is 35.9 Å². The molecule has 1 unspecified atom stereocenters. The monoisotopic (exact) mass is 494 g/mol. The Balaban J connectivity index is 2.39. The molecule has 0 bridgehead atoms. The summed E-state index contributed by atoms with van der Waals surface area (Å²) in [4.78, 5) is 36.4. The number of hydrogen-bond donors (Lipinski definition) is 0. The molecule has 0 aliphatic carbocycles. The van der Waals surface area contributed by atoms with Crippen LogP contribution in [0.15, 0.2) is 24.3 Å². The van der Waals surface area contributed by atoms with Gasteiger partial charge < -0.3 is 18.9 Å². The highest BCUT2D eigenvalue weighted by atomic mass is 17.3. The number of para-hydroxylation sites is 1. The van der Waals surface area contributed by atoms with Crippen LogP contribution >= 0.6 is 0 Å². The summed E-state index contributed by atoms with van der Waals surface area (Å²) >= 11 is 0. The molecule has 0 radical (unpaired) electrons. The third kappa shape index (κ3) is 6.82. The van der Waals surface area contributed by atoms with E-state index in [0.717, 1.165) is 12.8 Å². The van der Waals surface area contributed by atoms with Crippen molar-refractivity contribution in [3.05, 3.63) is 29.8 Å². The van der Waals surface area contributed by atoms with Crippen molar-refractivity contribution in [1.82, 2.24) is 0 Å². The van der Waals surface area contributed by atoms with Gasteiger partial charge >= 0.3 is 11.9 Å². The summed E-state index contributed by atoms with van der Waals surface area (Å²) in [7, 11) is 0. The largest absolute Gasteiger partial charge is 0.432 e. The molecule has 1 aromatic rings. The van der Waals surface area contributed by atoms with Crippen molar-refractivity contribution in [2.75, 3.05) is 0 Å². The van der Waals surface area contributed by atoms with Gasteiger partial charge in [-0.2, -0.15) is 0 Å². The summed E-state index contributed by atoms with van der Waals surface area (Å²) in [5.74, 6) is -1.78. The van der Waals surface area contributed by atoms with Gasteiger partial charge in [0.1, 0.15) is 11.3 Å². The molecule has 0 amide bonds. The van der Waals surface area contributed by atoms with Crippen molar-refractivity contribution in [1.29, 1.82) is 0 Å². The number of rotatable bonds is 11. The second kappa shape index (κ2) is 12.3. The van der Waals surface area contributed by atoms with E-state index >= 15 is 0 Å². The van der Waals surface area contributed by atoms with Gasteiger partial charge in [-0.15, -0.1) is 0 Å². The number of carbonyl (C=O) groups excluding carboxylic acids is 2. The Morgan fingerprint density at radius 3 is 2.20 bits per heavy atom. The van der Waals surface area contributed by atoms with E-state index in [1.807, 2.05) is 6.92 Å². The fourth-order valence-corrected chi connectivity index (χ4v) is 4.67. The molecule has 5 atom stereocenters. The Hall–Kier alpha value is -2.00. The number of ether oxygens (including phenoxy) is 4. The van der Waals surface area contributed by atoms with E-state index in [4.69, 9.17) is 28.7 Å². The van der Waals surface area contributed by atoms with Gasteiger partial charge in [0.25, 0.3) is 0 Å². The Bertz CT molecular complexity index is 851. The molecule has 1 heterocycles. The molecule has 2 rings (SSSR count). The minimum Gasteiger partial charge on any atom is -0.432 e. The van der Waals surface area contributed by atoms with Crippen molar-refractivity contribution < 1.29 is 38.3 Å². The molecule has 35 heavy (non-hydrogen) atoms. The maximum atomic E-state index is 13.0. The predicted molar refractivity (Wildman–Crippen MR) is 130 cm³/mol. The van der Waals surface area contributed by atoms with Gasteiger partial charge in [-0.05, 0) is 50.2 Å². The Kier molecular flexibility index (Phi) is 10.3. The minimum atomic E-state index is -1.05. The van der Waals surface area contributed by atoms with Crippen LogP contribution in [0.5, 0.6) is 5.75 Å². The van der Waals surface area contributed by atoms with Gasteiger partial charge in [0.2, 0.25) is 6.29 Å². The number of benzene rings is 1. The summed E-state index contributed by atoms with van der Waals surface area (Å²) < 4.78 is 23.6. The van der Waals surface area contributed by atoms with E-state index in [1.165, 1.54) is 6.92 Å². The summed E-state index contributed by atoms with van der Waals surface area (Å²) in [6.07, 6.45) is 0.222. The van der Waals surface area contributed by atoms with Crippen LogP contribution < -0.4 is 4.74 Å². The lowest BCUT2D eigenvalue weighted by molar-refractivity contribution is -0.565. The quantitative estimate of drug-likeness (QED) is 0.159. The molecule has 1 fully saturated rings. The highest BCUT2D eigenvalue weighted by Crippen LogP contribution is 2.48. The molecule has 0 saturated carbocycles. The highest BCUT2D eigenvalue weighted by Gasteiger charge is 2.59. The van der Waals surface area contributed by atoms with Gasteiger partial charge in [-0.3, -0.25) is 4.79 Å². The third-order valence-electron chi connectivity index (χ3n) is 6.56. The van der Waals surface area contributed by atoms with Gasteiger partial charge in [-0.1, -0.05) is 60.1 Å². The standard InChI is InChI=1S/C27H42O8/c1-10-18(6)27(21(11-2)17(4)5)25(33-26(8,9)34-35-27)32-23(12-3)31-24(29)20-15-13-14-16-22(20)30-19(7)28/h13-18,21,23,25H,10-12H2,1-9H3/t18-,21+,23?,25-,27+/m1/s1. The maximum absolute atomic E-state index is 13.0. The van der Waals surface area contributed by atoms with Gasteiger partial charge in [-0.25, -0.2) is 14.6 Å². The molecule has 198 valence electrons. The average molecular weight is 495 g/mol. The van der Waals surface area contributed by atoms with Crippen molar-refractivity contribution in [3.8, 4) is 5.75 Å². The SMILES string of the molecule is CCC(OC(=O)c1ccccc1OC(C)=O)O[C@@H]1OC(C)(C)OO[C@@]1([C@H](C)CC)[C@@H](CC)C(C)C. The fourth-order valence-electron chi connectivity index (χ4n) is 4.67. The van der Waals surface area contributed by atoms with Crippen molar-refractivity contribution in [2.24, 2.45) is 17.8 Å². The first-order valence-corrected chi connectivity index (χ1v) is 12.6. The second-order valence-corrected chi connectivity index (χ2v) is 9.91. The third-order valence-corrected chi connectivity index (χ3v) is 6.56. The first kappa shape index (κ1) is 29.2. The van der Waals surface area contributed by atoms with E-state index in [1.54, 1.807) is 38.1 Å². The first-order valence-electron chi connectivity index (χ1n) is 12.6. The van der Waals surface area contributed by atoms with Crippen LogP contribution in [0.25, 0.3) is 0 Å². The molecular formula is C27H42O8. The van der Waals surface area contributed by atoms with E-state index in [2.05, 4.69) is 34.6 Å². The van der Waals surface area contributed by atoms with Gasteiger partial charge in [0.05, 0.1) is 0 Å². The van der Waals surface area contributed by atoms with E-state index in [9.17, 15) is 9.59 Å². The first-order chi connectivity index (χ1) is 16.4. The maximum Gasteiger partial charge on any atom is 0.344 e. The van der Waals surface area contributed by atoms with Crippen LogP contribution in [-0.2, 0) is 28.8 Å². The van der Waals surface area contributed by atoms with Gasteiger partial charge in [0, 0.05) is 13.3 Å². The van der Waals surface area contributed by atoms with Crippen LogP contribution in [-0.4, -0.2) is 35.9 Å². The number of esters is 2. The molecule has 1 aromatic carbocycles. The van der Waals surface area contributed by atoms with E-state index in [-0.39, 0.29) is 29.1 Å². The predicted octanol–water partition coefficient (Wildman–Crippen LogP) is 6.03. The summed E-state index contributed by atoms with van der Waals surface area (Å²) in [5, 5.41) is 0. The minimum absolute atomic E-state index is 0.0221. The Morgan fingerprint density at radius 2 is 1.66 bits per heavy atom. The lowest BCUT2D eigenvalue weighted by Gasteiger charge is -2.54. The normalized spacial score (nSPS) is 24.5. The highest BCUT2D eigenvalue weighted by molar-refractivity contribution is 5.93. The second-order valence-electron chi connectivity index (χ2n) is 9.91. The molecule has 8 nitrogen and oxygen atoms in total. The van der Waals surface area contributed by atoms with Crippen LogP contribution in [0.2, 0.25) is 0 Å². The van der Waals surface area contributed by atoms with Crippen molar-refractivity contribution in [2.45, 2.75) is 106 Å². The van der Waals surface area contributed by atoms with Crippen LogP contribution in [0, 0.1) is 17.8 Å². The zero-order valence-electron chi connectivity index (χ0n) is 22.6. The fraction of sp³-hybridized carbons (Fsp3) is 0.704. The average Bonchev–Trinajstić information content (AvgIpc) is 2.79. The van der Waals surface area contributed by atoms with Crippen molar-refractivity contribution >= 4 is 11.9 Å². The molecule has 1 aliphatic heterocycles. The molecule has 0 aromatic heterocycles. The summed E-state index contributed by atoms with van der Waals surface area (Å²) in [6.45, 7) is 17.2. The smallest absolute Gasteiger partial charge is 0.344 e. The van der Waals surface area contributed by atoms with Crippen LogP contribution in [0.4, 0.5) is 0 Å². The van der Waals surface area contributed by atoms with Gasteiger partial charge in [0.15, 0.2) is 17.7 Å².